The SMILES string of the molecule is Cc1cc(OCC2(CC(=O)N3CCN(C)CC3)CN(C(=O)CCCn3cncn3)CCO2)ccc1Cl. The monoisotopic (exact) mass is 518 g/mol. The highest BCUT2D eigenvalue weighted by Gasteiger charge is 2.42. The second-order valence-electron chi connectivity index (χ2n) is 9.67. The Labute approximate surface area is 217 Å². The molecule has 196 valence electrons. The number of rotatable bonds is 9. The maximum Gasteiger partial charge on any atom is 0.225 e. The number of carbonyl (C=O) groups is 2. The summed E-state index contributed by atoms with van der Waals surface area (Å²) in [6.45, 7) is 6.92. The molecule has 1 aromatic heterocycles. The first-order valence-electron chi connectivity index (χ1n) is 12.4. The summed E-state index contributed by atoms with van der Waals surface area (Å²) < 4.78 is 14.1. The maximum absolute atomic E-state index is 13.3. The summed E-state index contributed by atoms with van der Waals surface area (Å²) in [6.07, 6.45) is 4.33. The highest BCUT2D eigenvalue weighted by atomic mass is 35.5. The summed E-state index contributed by atoms with van der Waals surface area (Å²) in [5.74, 6) is 0.722. The Morgan fingerprint density at radius 3 is 2.67 bits per heavy atom. The van der Waals surface area contributed by atoms with Gasteiger partial charge in [-0.3, -0.25) is 14.3 Å². The Morgan fingerprint density at radius 2 is 1.94 bits per heavy atom. The van der Waals surface area contributed by atoms with Crippen LogP contribution >= 0.6 is 11.6 Å². The number of benzene rings is 1. The Morgan fingerprint density at radius 1 is 1.14 bits per heavy atom. The molecule has 0 bridgehead atoms. The molecule has 1 atom stereocenters. The molecule has 1 unspecified atom stereocenters. The average molecular weight is 519 g/mol. The molecule has 0 spiro atoms. The fraction of sp³-hybridized carbons (Fsp3) is 0.600. The van der Waals surface area contributed by atoms with E-state index >= 15 is 0 Å². The number of aromatic nitrogens is 3. The molecular weight excluding hydrogens is 484 g/mol. The minimum atomic E-state index is -0.923. The molecule has 2 saturated heterocycles. The molecule has 0 N–H and O–H groups in total. The van der Waals surface area contributed by atoms with E-state index in [0.29, 0.717) is 62.9 Å². The molecule has 2 aliphatic rings. The number of likely N-dealkylation sites (N-methyl/N-ethyl adjacent to an activating group) is 1. The van der Waals surface area contributed by atoms with Gasteiger partial charge in [-0.05, 0) is 44.2 Å². The van der Waals surface area contributed by atoms with Crippen molar-refractivity contribution in [1.29, 1.82) is 0 Å². The Balaban J connectivity index is 1.43. The van der Waals surface area contributed by atoms with Crippen LogP contribution in [0.2, 0.25) is 5.02 Å². The molecule has 4 rings (SSSR count). The maximum atomic E-state index is 13.3. The minimum Gasteiger partial charge on any atom is -0.490 e. The van der Waals surface area contributed by atoms with Gasteiger partial charge in [-0.15, -0.1) is 0 Å². The fourth-order valence-electron chi connectivity index (χ4n) is 4.57. The zero-order chi connectivity index (χ0) is 25.5. The smallest absolute Gasteiger partial charge is 0.225 e. The van der Waals surface area contributed by atoms with Gasteiger partial charge in [-0.1, -0.05) is 11.6 Å². The molecule has 2 fully saturated rings. The molecule has 36 heavy (non-hydrogen) atoms. The number of nitrogens with zero attached hydrogens (tertiary/aromatic N) is 6. The van der Waals surface area contributed by atoms with Gasteiger partial charge in [0.1, 0.15) is 30.6 Å². The Bertz CT molecular complexity index is 1030. The third kappa shape index (κ3) is 6.96. The van der Waals surface area contributed by atoms with Gasteiger partial charge in [-0.25, -0.2) is 4.98 Å². The summed E-state index contributed by atoms with van der Waals surface area (Å²) in [7, 11) is 2.06. The van der Waals surface area contributed by atoms with Crippen LogP contribution in [0.25, 0.3) is 0 Å². The van der Waals surface area contributed by atoms with E-state index in [1.165, 1.54) is 6.33 Å². The number of aryl methyl sites for hydroxylation is 2. The van der Waals surface area contributed by atoms with Crippen LogP contribution in [0.15, 0.2) is 30.9 Å². The van der Waals surface area contributed by atoms with E-state index in [1.54, 1.807) is 28.0 Å². The quantitative estimate of drug-likeness (QED) is 0.500. The molecular formula is C25H35ClN6O4. The van der Waals surface area contributed by atoms with Crippen molar-refractivity contribution in [3.63, 3.8) is 0 Å². The highest BCUT2D eigenvalue weighted by molar-refractivity contribution is 6.31. The van der Waals surface area contributed by atoms with Gasteiger partial charge in [0.15, 0.2) is 0 Å². The Hall–Kier alpha value is -2.69. The van der Waals surface area contributed by atoms with Gasteiger partial charge in [0, 0.05) is 50.7 Å². The van der Waals surface area contributed by atoms with Crippen molar-refractivity contribution in [1.82, 2.24) is 29.5 Å². The van der Waals surface area contributed by atoms with E-state index in [2.05, 4.69) is 22.0 Å². The molecule has 10 nitrogen and oxygen atoms in total. The van der Waals surface area contributed by atoms with Gasteiger partial charge in [0.05, 0.1) is 19.6 Å². The first-order valence-corrected chi connectivity index (χ1v) is 12.8. The van der Waals surface area contributed by atoms with Crippen LogP contribution in [0, 0.1) is 6.92 Å². The van der Waals surface area contributed by atoms with E-state index in [-0.39, 0.29) is 24.8 Å². The predicted molar refractivity (Wildman–Crippen MR) is 135 cm³/mol. The average Bonchev–Trinajstić information content (AvgIpc) is 3.39. The van der Waals surface area contributed by atoms with E-state index in [1.807, 2.05) is 17.9 Å². The molecule has 2 aromatic rings. The molecule has 3 heterocycles. The zero-order valence-electron chi connectivity index (χ0n) is 21.1. The number of amides is 2. The zero-order valence-corrected chi connectivity index (χ0v) is 21.8. The van der Waals surface area contributed by atoms with Crippen LogP contribution in [-0.2, 0) is 20.9 Å². The van der Waals surface area contributed by atoms with Gasteiger partial charge in [0.25, 0.3) is 0 Å². The summed E-state index contributed by atoms with van der Waals surface area (Å²) in [6, 6.07) is 5.47. The minimum absolute atomic E-state index is 0.0273. The standard InChI is InChI=1S/C25H35ClN6O4/c1-20-14-21(5-6-22(20)26)35-17-25(15-24(34)30-10-8-29(2)9-11-30)16-31(12-13-36-25)23(33)4-3-7-32-19-27-18-28-32/h5-6,14,18-19H,3-4,7-13,15-17H2,1-2H3. The molecule has 0 saturated carbocycles. The predicted octanol–water partition coefficient (Wildman–Crippen LogP) is 1.86. The van der Waals surface area contributed by atoms with Crippen molar-refractivity contribution < 1.29 is 19.1 Å². The van der Waals surface area contributed by atoms with Crippen LogP contribution < -0.4 is 4.74 Å². The molecule has 0 aliphatic carbocycles. The molecule has 11 heteroatoms. The molecule has 2 aliphatic heterocycles. The van der Waals surface area contributed by atoms with Gasteiger partial charge in [-0.2, -0.15) is 5.10 Å². The van der Waals surface area contributed by atoms with Gasteiger partial charge < -0.3 is 24.2 Å². The lowest BCUT2D eigenvalue weighted by Gasteiger charge is -2.43. The van der Waals surface area contributed by atoms with Crippen LogP contribution in [0.1, 0.15) is 24.8 Å². The van der Waals surface area contributed by atoms with Crippen molar-refractivity contribution in [2.24, 2.45) is 0 Å². The number of halogens is 1. The Kier molecular flexibility index (Phi) is 8.81. The van der Waals surface area contributed by atoms with Gasteiger partial charge >= 0.3 is 0 Å². The topological polar surface area (TPSA) is 93.0 Å². The van der Waals surface area contributed by atoms with E-state index in [0.717, 1.165) is 18.7 Å². The lowest BCUT2D eigenvalue weighted by atomic mass is 9.96. The van der Waals surface area contributed by atoms with Crippen molar-refractivity contribution >= 4 is 23.4 Å². The summed E-state index contributed by atoms with van der Waals surface area (Å²) in [5.41, 5.74) is -0.0150. The molecule has 0 radical (unpaired) electrons. The summed E-state index contributed by atoms with van der Waals surface area (Å²) in [4.78, 5) is 36.2. The van der Waals surface area contributed by atoms with Crippen LogP contribution in [0.5, 0.6) is 5.75 Å². The second kappa shape index (κ2) is 12.0. The molecule has 2 amide bonds. The van der Waals surface area contributed by atoms with E-state index in [4.69, 9.17) is 21.1 Å². The van der Waals surface area contributed by atoms with Crippen LogP contribution in [0.4, 0.5) is 0 Å². The number of ether oxygens (including phenoxy) is 2. The first-order chi connectivity index (χ1) is 17.3. The number of carbonyl (C=O) groups excluding carboxylic acids is 2. The van der Waals surface area contributed by atoms with E-state index in [9.17, 15) is 9.59 Å². The summed E-state index contributed by atoms with van der Waals surface area (Å²) >= 11 is 6.16. The number of hydrogen-bond donors (Lipinski definition) is 0. The van der Waals surface area contributed by atoms with Gasteiger partial charge in [0.2, 0.25) is 11.8 Å². The lowest BCUT2D eigenvalue weighted by Crippen LogP contribution is -2.59. The van der Waals surface area contributed by atoms with E-state index < -0.39 is 5.60 Å². The van der Waals surface area contributed by atoms with Crippen LogP contribution in [0.3, 0.4) is 0 Å². The number of piperazine rings is 1. The lowest BCUT2D eigenvalue weighted by molar-refractivity contribution is -0.166. The number of hydrogen-bond acceptors (Lipinski definition) is 7. The van der Waals surface area contributed by atoms with Crippen LogP contribution in [-0.4, -0.2) is 106 Å². The largest absolute Gasteiger partial charge is 0.490 e. The highest BCUT2D eigenvalue weighted by Crippen LogP contribution is 2.28. The second-order valence-corrected chi connectivity index (χ2v) is 10.1. The third-order valence-corrected chi connectivity index (χ3v) is 7.23. The first kappa shape index (κ1) is 26.4. The van der Waals surface area contributed by atoms with Crippen molar-refractivity contribution in [2.75, 3.05) is 59.5 Å². The number of morpholine rings is 1. The summed E-state index contributed by atoms with van der Waals surface area (Å²) in [5, 5.41) is 4.75. The normalized spacial score (nSPS) is 21.0. The van der Waals surface area contributed by atoms with Crippen molar-refractivity contribution in [2.45, 2.75) is 38.3 Å². The molecule has 1 aromatic carbocycles. The van der Waals surface area contributed by atoms with Crippen molar-refractivity contribution in [3.05, 3.63) is 41.4 Å². The third-order valence-electron chi connectivity index (χ3n) is 6.81. The van der Waals surface area contributed by atoms with Crippen molar-refractivity contribution in [3.8, 4) is 5.75 Å². The fourth-order valence-corrected chi connectivity index (χ4v) is 4.68.